The van der Waals surface area contributed by atoms with Crippen LogP contribution in [0.1, 0.15) is 0 Å². The summed E-state index contributed by atoms with van der Waals surface area (Å²) in [6, 6.07) is 15.6. The fourth-order valence-corrected chi connectivity index (χ4v) is 2.22. The first-order valence-electron chi connectivity index (χ1n) is 7.40. The molecule has 1 aromatic heterocycles. The number of hydrogen-bond donors (Lipinski definition) is 1. The fraction of sp³-hybridized carbons (Fsp3) is 0.167. The molecule has 23 heavy (non-hydrogen) atoms. The minimum atomic E-state index is 0.0286. The number of carbonyl (C=O) groups excluding carboxylic acids is 1. The van der Waals surface area contributed by atoms with Gasteiger partial charge in [-0.3, -0.25) is 9.78 Å². The maximum absolute atomic E-state index is 11.7. The van der Waals surface area contributed by atoms with Gasteiger partial charge in [-0.25, -0.2) is 4.98 Å². The lowest BCUT2D eigenvalue weighted by Crippen LogP contribution is -2.28. The molecule has 0 saturated carbocycles. The third kappa shape index (κ3) is 3.45. The van der Waals surface area contributed by atoms with E-state index in [1.165, 1.54) is 0 Å². The average molecular weight is 306 g/mol. The number of aromatic nitrogens is 2. The van der Waals surface area contributed by atoms with Crippen molar-refractivity contribution in [3.05, 3.63) is 54.7 Å². The van der Waals surface area contributed by atoms with Gasteiger partial charge in [0, 0.05) is 25.3 Å². The second-order valence-electron chi connectivity index (χ2n) is 5.47. The van der Waals surface area contributed by atoms with Crippen molar-refractivity contribution in [3.8, 4) is 11.3 Å². The molecule has 2 aromatic carbocycles. The van der Waals surface area contributed by atoms with E-state index in [9.17, 15) is 4.79 Å². The lowest BCUT2D eigenvalue weighted by molar-refractivity contribution is -0.126. The van der Waals surface area contributed by atoms with Crippen molar-refractivity contribution in [1.29, 1.82) is 0 Å². The van der Waals surface area contributed by atoms with E-state index in [4.69, 9.17) is 0 Å². The number of nitrogens with zero attached hydrogens (tertiary/aromatic N) is 3. The molecule has 0 fully saturated rings. The quantitative estimate of drug-likeness (QED) is 0.805. The van der Waals surface area contributed by atoms with Gasteiger partial charge in [-0.1, -0.05) is 24.3 Å². The third-order valence-corrected chi connectivity index (χ3v) is 3.55. The van der Waals surface area contributed by atoms with Crippen LogP contribution < -0.4 is 5.32 Å². The first-order chi connectivity index (χ1) is 11.1. The summed E-state index contributed by atoms with van der Waals surface area (Å²) < 4.78 is 0. The largest absolute Gasteiger partial charge is 0.376 e. The molecule has 1 amide bonds. The Morgan fingerprint density at radius 2 is 1.87 bits per heavy atom. The summed E-state index contributed by atoms with van der Waals surface area (Å²) in [5, 5.41) is 3.13. The highest BCUT2D eigenvalue weighted by Crippen LogP contribution is 2.22. The van der Waals surface area contributed by atoms with Crippen LogP contribution in [0.15, 0.2) is 54.7 Å². The summed E-state index contributed by atoms with van der Waals surface area (Å²) in [6.45, 7) is 0.264. The number of carbonyl (C=O) groups is 1. The van der Waals surface area contributed by atoms with Gasteiger partial charge in [-0.15, -0.1) is 0 Å². The molecule has 3 rings (SSSR count). The van der Waals surface area contributed by atoms with Gasteiger partial charge in [0.1, 0.15) is 0 Å². The van der Waals surface area contributed by atoms with Gasteiger partial charge in [0.2, 0.25) is 5.91 Å². The van der Waals surface area contributed by atoms with Gasteiger partial charge in [0.05, 0.1) is 29.5 Å². The molecule has 116 valence electrons. The van der Waals surface area contributed by atoms with Crippen LogP contribution in [-0.2, 0) is 4.79 Å². The van der Waals surface area contributed by atoms with E-state index >= 15 is 0 Å². The molecule has 0 aliphatic heterocycles. The highest BCUT2D eigenvalue weighted by atomic mass is 16.2. The minimum Gasteiger partial charge on any atom is -0.376 e. The van der Waals surface area contributed by atoms with Gasteiger partial charge in [-0.05, 0) is 24.3 Å². The van der Waals surface area contributed by atoms with Gasteiger partial charge < -0.3 is 10.2 Å². The van der Waals surface area contributed by atoms with E-state index in [2.05, 4.69) is 15.3 Å². The molecule has 0 unspecified atom stereocenters. The number of para-hydroxylation sites is 2. The van der Waals surface area contributed by atoms with E-state index in [-0.39, 0.29) is 12.5 Å². The van der Waals surface area contributed by atoms with Crippen molar-refractivity contribution in [2.45, 2.75) is 0 Å². The standard InChI is InChI=1S/C18H18N4O/c1-22(2)18(23)12-19-14-7-5-6-13(10-14)17-11-20-15-8-3-4-9-16(15)21-17/h3-11,19H,12H2,1-2H3. The van der Waals surface area contributed by atoms with E-state index in [0.29, 0.717) is 0 Å². The molecule has 0 spiro atoms. The predicted molar refractivity (Wildman–Crippen MR) is 92.2 cm³/mol. The topological polar surface area (TPSA) is 58.1 Å². The Hall–Kier alpha value is -2.95. The molecule has 5 heteroatoms. The minimum absolute atomic E-state index is 0.0286. The van der Waals surface area contributed by atoms with E-state index < -0.39 is 0 Å². The first-order valence-corrected chi connectivity index (χ1v) is 7.40. The number of likely N-dealkylation sites (N-methyl/N-ethyl adjacent to an activating group) is 1. The molecule has 1 N–H and O–H groups in total. The van der Waals surface area contributed by atoms with Crippen LogP contribution in [-0.4, -0.2) is 41.4 Å². The predicted octanol–water partition coefficient (Wildman–Crippen LogP) is 2.80. The second kappa shape index (κ2) is 6.44. The number of nitrogens with one attached hydrogen (secondary N) is 1. The fourth-order valence-electron chi connectivity index (χ4n) is 2.22. The molecule has 0 aliphatic carbocycles. The van der Waals surface area contributed by atoms with Crippen molar-refractivity contribution in [2.75, 3.05) is 26.0 Å². The van der Waals surface area contributed by atoms with Crippen LogP contribution in [0, 0.1) is 0 Å². The molecule has 0 saturated heterocycles. The molecule has 0 aliphatic rings. The number of fused-ring (bicyclic) bond motifs is 1. The van der Waals surface area contributed by atoms with Crippen LogP contribution >= 0.6 is 0 Å². The maximum atomic E-state index is 11.7. The summed E-state index contributed by atoms with van der Waals surface area (Å²) in [5.41, 5.74) is 4.40. The van der Waals surface area contributed by atoms with Crippen LogP contribution in [0.2, 0.25) is 0 Å². The Labute approximate surface area is 135 Å². The van der Waals surface area contributed by atoms with Crippen molar-refractivity contribution >= 4 is 22.6 Å². The van der Waals surface area contributed by atoms with Gasteiger partial charge >= 0.3 is 0 Å². The molecule has 5 nitrogen and oxygen atoms in total. The van der Waals surface area contributed by atoms with Crippen LogP contribution in [0.5, 0.6) is 0 Å². The lowest BCUT2D eigenvalue weighted by atomic mass is 10.1. The average Bonchev–Trinajstić information content (AvgIpc) is 2.59. The third-order valence-electron chi connectivity index (χ3n) is 3.55. The normalized spacial score (nSPS) is 10.5. The SMILES string of the molecule is CN(C)C(=O)CNc1cccc(-c2cnc3ccccc3n2)c1. The number of benzene rings is 2. The van der Waals surface area contributed by atoms with Gasteiger partial charge in [0.15, 0.2) is 0 Å². The number of amides is 1. The van der Waals surface area contributed by atoms with Crippen molar-refractivity contribution in [2.24, 2.45) is 0 Å². The zero-order chi connectivity index (χ0) is 16.2. The zero-order valence-electron chi connectivity index (χ0n) is 13.2. The second-order valence-corrected chi connectivity index (χ2v) is 5.47. The Morgan fingerprint density at radius 1 is 1.09 bits per heavy atom. The highest BCUT2D eigenvalue weighted by molar-refractivity contribution is 5.81. The van der Waals surface area contributed by atoms with Crippen molar-refractivity contribution < 1.29 is 4.79 Å². The Bertz CT molecular complexity index is 845. The van der Waals surface area contributed by atoms with Crippen LogP contribution in [0.4, 0.5) is 5.69 Å². The van der Waals surface area contributed by atoms with Crippen LogP contribution in [0.25, 0.3) is 22.3 Å². The molecular weight excluding hydrogens is 288 g/mol. The maximum Gasteiger partial charge on any atom is 0.241 e. The van der Waals surface area contributed by atoms with E-state index in [0.717, 1.165) is 28.0 Å². The van der Waals surface area contributed by atoms with Crippen molar-refractivity contribution in [1.82, 2.24) is 14.9 Å². The molecule has 3 aromatic rings. The molecule has 0 atom stereocenters. The molecular formula is C18H18N4O. The molecule has 0 bridgehead atoms. The highest BCUT2D eigenvalue weighted by Gasteiger charge is 2.06. The summed E-state index contributed by atoms with van der Waals surface area (Å²) >= 11 is 0. The van der Waals surface area contributed by atoms with Crippen molar-refractivity contribution in [3.63, 3.8) is 0 Å². The number of rotatable bonds is 4. The molecule has 1 heterocycles. The van der Waals surface area contributed by atoms with Crippen LogP contribution in [0.3, 0.4) is 0 Å². The number of anilines is 1. The summed E-state index contributed by atoms with van der Waals surface area (Å²) in [5.74, 6) is 0.0286. The molecule has 0 radical (unpaired) electrons. The Balaban J connectivity index is 1.84. The Kier molecular flexibility index (Phi) is 4.19. The van der Waals surface area contributed by atoms with Gasteiger partial charge in [0.25, 0.3) is 0 Å². The lowest BCUT2D eigenvalue weighted by Gasteiger charge is -2.12. The smallest absolute Gasteiger partial charge is 0.241 e. The van der Waals surface area contributed by atoms with E-state index in [1.807, 2.05) is 48.5 Å². The van der Waals surface area contributed by atoms with E-state index in [1.54, 1.807) is 25.2 Å². The Morgan fingerprint density at radius 3 is 2.65 bits per heavy atom. The first kappa shape index (κ1) is 15.0. The summed E-state index contributed by atoms with van der Waals surface area (Å²) in [6.07, 6.45) is 1.77. The number of hydrogen-bond acceptors (Lipinski definition) is 4. The zero-order valence-corrected chi connectivity index (χ0v) is 13.2. The monoisotopic (exact) mass is 306 g/mol. The summed E-state index contributed by atoms with van der Waals surface area (Å²) in [4.78, 5) is 22.3. The summed E-state index contributed by atoms with van der Waals surface area (Å²) in [7, 11) is 3.48. The van der Waals surface area contributed by atoms with Gasteiger partial charge in [-0.2, -0.15) is 0 Å².